The highest BCUT2D eigenvalue weighted by atomic mass is 127. The molecule has 0 heterocycles. The van der Waals surface area contributed by atoms with Crippen molar-refractivity contribution >= 4 is 34.2 Å². The summed E-state index contributed by atoms with van der Waals surface area (Å²) in [5.74, 6) is -0.347. The lowest BCUT2D eigenvalue weighted by Crippen LogP contribution is -2.22. The lowest BCUT2D eigenvalue weighted by atomic mass is 9.90. The van der Waals surface area contributed by atoms with Crippen LogP contribution in [0.15, 0.2) is 84.9 Å². The van der Waals surface area contributed by atoms with E-state index in [1.807, 2.05) is 84.9 Å². The van der Waals surface area contributed by atoms with E-state index in [1.165, 1.54) is 0 Å². The minimum Gasteiger partial charge on any atom is -0.325 e. The van der Waals surface area contributed by atoms with Gasteiger partial charge in [0.2, 0.25) is 5.91 Å². The smallest absolute Gasteiger partial charge is 0.236 e. The number of benzene rings is 3. The van der Waals surface area contributed by atoms with Gasteiger partial charge in [-0.05, 0) is 58.0 Å². The Bertz CT molecular complexity index is 730. The van der Waals surface area contributed by atoms with Gasteiger partial charge in [0.15, 0.2) is 0 Å². The Hall–Kier alpha value is -2.14. The Morgan fingerprint density at radius 2 is 1.22 bits per heavy atom. The monoisotopic (exact) mass is 413 g/mol. The Morgan fingerprint density at radius 1 is 0.739 bits per heavy atom. The number of hydrogen-bond donors (Lipinski definition) is 1. The highest BCUT2D eigenvalue weighted by Crippen LogP contribution is 2.26. The summed E-state index contributed by atoms with van der Waals surface area (Å²) in [6.45, 7) is 0. The first-order valence-electron chi connectivity index (χ1n) is 7.40. The largest absolute Gasteiger partial charge is 0.325 e. The second-order valence-corrected chi connectivity index (χ2v) is 6.50. The van der Waals surface area contributed by atoms with Gasteiger partial charge in [-0.25, -0.2) is 0 Å². The molecule has 0 bridgehead atoms. The van der Waals surface area contributed by atoms with Gasteiger partial charge < -0.3 is 5.32 Å². The molecule has 0 aromatic heterocycles. The maximum absolute atomic E-state index is 12.9. The van der Waals surface area contributed by atoms with Gasteiger partial charge in [-0.15, -0.1) is 0 Å². The van der Waals surface area contributed by atoms with Crippen molar-refractivity contribution in [3.8, 4) is 0 Å². The summed E-state index contributed by atoms with van der Waals surface area (Å²) in [4.78, 5) is 12.9. The molecule has 0 saturated heterocycles. The molecule has 0 spiro atoms. The predicted octanol–water partition coefficient (Wildman–Crippen LogP) is 5.06. The summed E-state index contributed by atoms with van der Waals surface area (Å²) in [5, 5.41) is 3.02. The van der Waals surface area contributed by atoms with Crippen LogP contribution in [0, 0.1) is 3.57 Å². The van der Waals surface area contributed by atoms with E-state index in [0.717, 1.165) is 20.4 Å². The molecule has 3 heteroatoms. The fourth-order valence-electron chi connectivity index (χ4n) is 2.53. The van der Waals surface area contributed by atoms with Crippen LogP contribution < -0.4 is 5.32 Å². The van der Waals surface area contributed by atoms with Crippen LogP contribution in [0.25, 0.3) is 0 Å². The minimum atomic E-state index is -0.323. The Labute approximate surface area is 149 Å². The number of halogens is 1. The molecule has 0 saturated carbocycles. The Balaban J connectivity index is 1.92. The van der Waals surface area contributed by atoms with Gasteiger partial charge in [0.05, 0.1) is 5.92 Å². The molecule has 0 aliphatic rings. The van der Waals surface area contributed by atoms with Crippen LogP contribution in [0.2, 0.25) is 0 Å². The summed E-state index contributed by atoms with van der Waals surface area (Å²) >= 11 is 2.25. The van der Waals surface area contributed by atoms with Gasteiger partial charge in [-0.2, -0.15) is 0 Å². The van der Waals surface area contributed by atoms with Crippen molar-refractivity contribution in [3.63, 3.8) is 0 Å². The first-order chi connectivity index (χ1) is 11.2. The summed E-state index contributed by atoms with van der Waals surface area (Å²) in [6, 6.07) is 27.5. The second-order valence-electron chi connectivity index (χ2n) is 5.25. The summed E-state index contributed by atoms with van der Waals surface area (Å²) < 4.78 is 1.14. The summed E-state index contributed by atoms with van der Waals surface area (Å²) in [6.07, 6.45) is 0. The first-order valence-corrected chi connectivity index (χ1v) is 8.48. The van der Waals surface area contributed by atoms with Crippen LogP contribution in [0.4, 0.5) is 5.69 Å². The third-order valence-corrected chi connectivity index (χ3v) is 4.36. The van der Waals surface area contributed by atoms with Gasteiger partial charge in [0, 0.05) is 9.26 Å². The number of carbonyl (C=O) groups excluding carboxylic acids is 1. The quantitative estimate of drug-likeness (QED) is 0.596. The van der Waals surface area contributed by atoms with Gasteiger partial charge in [0.1, 0.15) is 0 Å². The van der Waals surface area contributed by atoms with Crippen molar-refractivity contribution < 1.29 is 4.79 Å². The average molecular weight is 413 g/mol. The number of rotatable bonds is 4. The maximum atomic E-state index is 12.9. The van der Waals surface area contributed by atoms with Gasteiger partial charge in [-0.1, -0.05) is 60.7 Å². The highest BCUT2D eigenvalue weighted by Gasteiger charge is 2.22. The predicted molar refractivity (Wildman–Crippen MR) is 103 cm³/mol. The van der Waals surface area contributed by atoms with E-state index in [9.17, 15) is 4.79 Å². The molecule has 0 atom stereocenters. The lowest BCUT2D eigenvalue weighted by Gasteiger charge is -2.18. The third kappa shape index (κ3) is 3.99. The van der Waals surface area contributed by atoms with Crippen molar-refractivity contribution in [3.05, 3.63) is 99.6 Å². The fourth-order valence-corrected chi connectivity index (χ4v) is 2.89. The molecule has 3 aromatic carbocycles. The van der Waals surface area contributed by atoms with Gasteiger partial charge >= 0.3 is 0 Å². The molecule has 1 N–H and O–H groups in total. The topological polar surface area (TPSA) is 29.1 Å². The second kappa shape index (κ2) is 7.42. The van der Waals surface area contributed by atoms with Crippen LogP contribution in [-0.2, 0) is 4.79 Å². The van der Waals surface area contributed by atoms with Crippen LogP contribution in [0.3, 0.4) is 0 Å². The zero-order valence-corrected chi connectivity index (χ0v) is 14.6. The standard InChI is InChI=1S/C20H16INO/c21-17-11-13-18(14-12-17)22-20(23)19(15-7-3-1-4-8-15)16-9-5-2-6-10-16/h1-14,19H,(H,22,23). The van der Waals surface area contributed by atoms with Crippen molar-refractivity contribution in [2.45, 2.75) is 5.92 Å². The van der Waals surface area contributed by atoms with E-state index in [4.69, 9.17) is 0 Å². The van der Waals surface area contributed by atoms with Gasteiger partial charge in [0.25, 0.3) is 0 Å². The molecule has 3 rings (SSSR count). The molecule has 0 radical (unpaired) electrons. The van der Waals surface area contributed by atoms with Crippen LogP contribution in [-0.4, -0.2) is 5.91 Å². The van der Waals surface area contributed by atoms with E-state index in [1.54, 1.807) is 0 Å². The van der Waals surface area contributed by atoms with E-state index >= 15 is 0 Å². The molecule has 3 aromatic rings. The number of hydrogen-bond acceptors (Lipinski definition) is 1. The van der Waals surface area contributed by atoms with Crippen LogP contribution in [0.1, 0.15) is 17.0 Å². The highest BCUT2D eigenvalue weighted by molar-refractivity contribution is 14.1. The maximum Gasteiger partial charge on any atom is 0.236 e. The normalized spacial score (nSPS) is 10.5. The summed E-state index contributed by atoms with van der Waals surface area (Å²) in [5.41, 5.74) is 2.79. The molecule has 23 heavy (non-hydrogen) atoms. The van der Waals surface area contributed by atoms with E-state index in [0.29, 0.717) is 0 Å². The number of carbonyl (C=O) groups is 1. The molecule has 1 amide bonds. The van der Waals surface area contributed by atoms with E-state index in [-0.39, 0.29) is 11.8 Å². The van der Waals surface area contributed by atoms with Crippen molar-refractivity contribution in [2.75, 3.05) is 5.32 Å². The van der Waals surface area contributed by atoms with Crippen LogP contribution in [0.5, 0.6) is 0 Å². The molecular formula is C20H16INO. The third-order valence-electron chi connectivity index (χ3n) is 3.64. The first kappa shape index (κ1) is 15.7. The Kier molecular flexibility index (Phi) is 5.08. The number of amides is 1. The van der Waals surface area contributed by atoms with E-state index in [2.05, 4.69) is 27.9 Å². The molecule has 0 fully saturated rings. The molecule has 0 unspecified atom stereocenters. The van der Waals surface area contributed by atoms with Crippen LogP contribution >= 0.6 is 22.6 Å². The zero-order valence-electron chi connectivity index (χ0n) is 12.4. The fraction of sp³-hybridized carbons (Fsp3) is 0.0500. The number of anilines is 1. The molecule has 0 aliphatic heterocycles. The molecule has 0 aliphatic carbocycles. The average Bonchev–Trinajstić information content (AvgIpc) is 2.59. The van der Waals surface area contributed by atoms with Crippen molar-refractivity contribution in [2.24, 2.45) is 0 Å². The SMILES string of the molecule is O=C(Nc1ccc(I)cc1)C(c1ccccc1)c1ccccc1. The minimum absolute atomic E-state index is 0.0244. The lowest BCUT2D eigenvalue weighted by molar-refractivity contribution is -0.116. The van der Waals surface area contributed by atoms with Crippen molar-refractivity contribution in [1.29, 1.82) is 0 Å². The zero-order chi connectivity index (χ0) is 16.1. The van der Waals surface area contributed by atoms with Gasteiger partial charge in [-0.3, -0.25) is 4.79 Å². The number of nitrogens with one attached hydrogen (secondary N) is 1. The molecule has 2 nitrogen and oxygen atoms in total. The molecule has 114 valence electrons. The molecular weight excluding hydrogens is 397 g/mol. The summed E-state index contributed by atoms with van der Waals surface area (Å²) in [7, 11) is 0. The Morgan fingerprint density at radius 3 is 1.70 bits per heavy atom. The van der Waals surface area contributed by atoms with Crippen molar-refractivity contribution in [1.82, 2.24) is 0 Å². The van der Waals surface area contributed by atoms with E-state index < -0.39 is 0 Å².